The van der Waals surface area contributed by atoms with Gasteiger partial charge in [-0.15, -0.1) is 0 Å². The summed E-state index contributed by atoms with van der Waals surface area (Å²) in [4.78, 5) is 15.0. The minimum Gasteiger partial charge on any atom is -0.379 e. The molecule has 0 radical (unpaired) electrons. The first-order chi connectivity index (χ1) is 12.5. The van der Waals surface area contributed by atoms with Crippen molar-refractivity contribution in [3.8, 4) is 0 Å². The van der Waals surface area contributed by atoms with E-state index in [1.165, 1.54) is 11.1 Å². The van der Waals surface area contributed by atoms with Gasteiger partial charge in [0.1, 0.15) is 0 Å². The first kappa shape index (κ1) is 18.6. The predicted molar refractivity (Wildman–Crippen MR) is 104 cm³/mol. The summed E-state index contributed by atoms with van der Waals surface area (Å²) >= 11 is 0. The fraction of sp³-hybridized carbons (Fsp3) is 0.409. The second kappa shape index (κ2) is 8.47. The molecular formula is C22H28N2O2. The van der Waals surface area contributed by atoms with Crippen molar-refractivity contribution in [3.63, 3.8) is 0 Å². The zero-order valence-electron chi connectivity index (χ0n) is 15.7. The summed E-state index contributed by atoms with van der Waals surface area (Å²) in [6, 6.07) is 18.2. The van der Waals surface area contributed by atoms with Gasteiger partial charge in [-0.05, 0) is 43.5 Å². The van der Waals surface area contributed by atoms with Crippen molar-refractivity contribution in [3.05, 3.63) is 71.3 Å². The predicted octanol–water partition coefficient (Wildman–Crippen LogP) is 3.27. The monoisotopic (exact) mass is 352 g/mol. The molecule has 0 unspecified atom stereocenters. The summed E-state index contributed by atoms with van der Waals surface area (Å²) in [7, 11) is 0. The zero-order chi connectivity index (χ0) is 18.4. The smallest absolute Gasteiger partial charge is 0.251 e. The van der Waals surface area contributed by atoms with Gasteiger partial charge in [0.25, 0.3) is 5.91 Å². The quantitative estimate of drug-likeness (QED) is 0.867. The van der Waals surface area contributed by atoms with Gasteiger partial charge in [-0.2, -0.15) is 0 Å². The number of benzene rings is 2. The summed E-state index contributed by atoms with van der Waals surface area (Å²) in [6.07, 6.45) is 0.800. The first-order valence-corrected chi connectivity index (χ1v) is 9.27. The van der Waals surface area contributed by atoms with E-state index in [2.05, 4.69) is 48.3 Å². The molecule has 2 aromatic carbocycles. The Labute approximate surface area is 156 Å². The third-order valence-corrected chi connectivity index (χ3v) is 4.67. The van der Waals surface area contributed by atoms with Gasteiger partial charge in [0.15, 0.2) is 0 Å². The molecule has 4 nitrogen and oxygen atoms in total. The average Bonchev–Trinajstić information content (AvgIpc) is 2.63. The van der Waals surface area contributed by atoms with E-state index in [4.69, 9.17) is 4.74 Å². The maximum absolute atomic E-state index is 12.6. The minimum absolute atomic E-state index is 0.0242. The number of morpholine rings is 1. The van der Waals surface area contributed by atoms with Crippen LogP contribution in [0.1, 0.15) is 35.3 Å². The van der Waals surface area contributed by atoms with Gasteiger partial charge in [-0.1, -0.05) is 42.5 Å². The van der Waals surface area contributed by atoms with Crippen molar-refractivity contribution in [2.45, 2.75) is 32.4 Å². The minimum atomic E-state index is -0.301. The summed E-state index contributed by atoms with van der Waals surface area (Å²) in [6.45, 7) is 8.57. The SMILES string of the molecule is CC(C)(Cc1ccccc1)NC(=O)c1ccc(CN2CCOCC2)cc1. The van der Waals surface area contributed by atoms with Crippen molar-refractivity contribution in [2.24, 2.45) is 0 Å². The molecule has 0 bridgehead atoms. The van der Waals surface area contributed by atoms with Crippen molar-refractivity contribution >= 4 is 5.91 Å². The molecule has 0 aromatic heterocycles. The van der Waals surface area contributed by atoms with Crippen molar-refractivity contribution in [1.82, 2.24) is 10.2 Å². The molecule has 0 spiro atoms. The number of nitrogens with zero attached hydrogens (tertiary/aromatic N) is 1. The lowest BCUT2D eigenvalue weighted by Crippen LogP contribution is -2.45. The largest absolute Gasteiger partial charge is 0.379 e. The lowest BCUT2D eigenvalue weighted by Gasteiger charge is -2.27. The van der Waals surface area contributed by atoms with E-state index in [0.29, 0.717) is 5.56 Å². The van der Waals surface area contributed by atoms with Gasteiger partial charge in [-0.25, -0.2) is 0 Å². The number of hydrogen-bond acceptors (Lipinski definition) is 3. The van der Waals surface area contributed by atoms with Crippen molar-refractivity contribution < 1.29 is 9.53 Å². The van der Waals surface area contributed by atoms with Crippen molar-refractivity contribution in [1.29, 1.82) is 0 Å². The van der Waals surface area contributed by atoms with Crippen LogP contribution in [0.15, 0.2) is 54.6 Å². The summed E-state index contributed by atoms with van der Waals surface area (Å²) in [5.74, 6) is -0.0242. The number of rotatable bonds is 6. The van der Waals surface area contributed by atoms with Gasteiger partial charge in [0.2, 0.25) is 0 Å². The van der Waals surface area contributed by atoms with E-state index in [1.54, 1.807) is 0 Å². The fourth-order valence-electron chi connectivity index (χ4n) is 3.31. The topological polar surface area (TPSA) is 41.6 Å². The third kappa shape index (κ3) is 5.41. The molecule has 0 aliphatic carbocycles. The van der Waals surface area contributed by atoms with Crippen molar-refractivity contribution in [2.75, 3.05) is 26.3 Å². The maximum atomic E-state index is 12.6. The van der Waals surface area contributed by atoms with E-state index in [9.17, 15) is 4.79 Å². The number of carbonyl (C=O) groups is 1. The molecule has 1 amide bonds. The number of hydrogen-bond donors (Lipinski definition) is 1. The van der Waals surface area contributed by atoms with Crippen LogP contribution < -0.4 is 5.32 Å². The highest BCUT2D eigenvalue weighted by atomic mass is 16.5. The Balaban J connectivity index is 1.57. The fourth-order valence-corrected chi connectivity index (χ4v) is 3.31. The van der Waals surface area contributed by atoms with Gasteiger partial charge in [0.05, 0.1) is 13.2 Å². The van der Waals surface area contributed by atoms with Crippen LogP contribution in [0.5, 0.6) is 0 Å². The molecule has 1 N–H and O–H groups in total. The van der Waals surface area contributed by atoms with Crippen LogP contribution in [0.4, 0.5) is 0 Å². The number of ether oxygens (including phenoxy) is 1. The summed E-state index contributed by atoms with van der Waals surface area (Å²) in [5.41, 5.74) is 2.85. The molecule has 1 aliphatic rings. The van der Waals surface area contributed by atoms with E-state index < -0.39 is 0 Å². The first-order valence-electron chi connectivity index (χ1n) is 9.27. The van der Waals surface area contributed by atoms with Gasteiger partial charge in [0, 0.05) is 30.7 Å². The number of amides is 1. The number of nitrogens with one attached hydrogen (secondary N) is 1. The van der Waals surface area contributed by atoms with Gasteiger partial charge < -0.3 is 10.1 Å². The van der Waals surface area contributed by atoms with Crippen LogP contribution in [0.25, 0.3) is 0 Å². The van der Waals surface area contributed by atoms with Gasteiger partial charge in [-0.3, -0.25) is 9.69 Å². The normalized spacial score (nSPS) is 15.6. The molecule has 26 heavy (non-hydrogen) atoms. The van der Waals surface area contributed by atoms with E-state index in [-0.39, 0.29) is 11.4 Å². The Hall–Kier alpha value is -2.17. The highest BCUT2D eigenvalue weighted by molar-refractivity contribution is 5.94. The second-order valence-electron chi connectivity index (χ2n) is 7.59. The molecule has 1 aliphatic heterocycles. The highest BCUT2D eigenvalue weighted by Gasteiger charge is 2.21. The van der Waals surface area contributed by atoms with E-state index >= 15 is 0 Å². The van der Waals surface area contributed by atoms with Crippen LogP contribution in [-0.2, 0) is 17.7 Å². The molecule has 2 aromatic rings. The Kier molecular flexibility index (Phi) is 6.07. The van der Waals surface area contributed by atoms with E-state index in [0.717, 1.165) is 39.3 Å². The molecule has 3 rings (SSSR count). The Morgan fingerprint density at radius 1 is 1.00 bits per heavy atom. The maximum Gasteiger partial charge on any atom is 0.251 e. The molecule has 138 valence electrons. The van der Waals surface area contributed by atoms with Crippen LogP contribution in [0, 0.1) is 0 Å². The van der Waals surface area contributed by atoms with Crippen LogP contribution in [0.2, 0.25) is 0 Å². The highest BCUT2D eigenvalue weighted by Crippen LogP contribution is 2.15. The zero-order valence-corrected chi connectivity index (χ0v) is 15.7. The number of carbonyl (C=O) groups excluding carboxylic acids is 1. The summed E-state index contributed by atoms with van der Waals surface area (Å²) < 4.78 is 5.38. The molecule has 1 heterocycles. The lowest BCUT2D eigenvalue weighted by atomic mass is 9.94. The molecule has 1 saturated heterocycles. The Bertz CT molecular complexity index is 705. The molecule has 0 saturated carbocycles. The molecule has 1 fully saturated rings. The van der Waals surface area contributed by atoms with Crippen LogP contribution in [-0.4, -0.2) is 42.6 Å². The Morgan fingerprint density at radius 3 is 2.31 bits per heavy atom. The Morgan fingerprint density at radius 2 is 1.65 bits per heavy atom. The standard InChI is InChI=1S/C22H28N2O2/c1-22(2,16-18-6-4-3-5-7-18)23-21(25)20-10-8-19(9-11-20)17-24-12-14-26-15-13-24/h3-11H,12-17H2,1-2H3,(H,23,25). The molecule has 0 atom stereocenters. The van der Waals surface area contributed by atoms with Crippen LogP contribution >= 0.6 is 0 Å². The van der Waals surface area contributed by atoms with E-state index in [1.807, 2.05) is 30.3 Å². The molecule has 4 heteroatoms. The summed E-state index contributed by atoms with van der Waals surface area (Å²) in [5, 5.41) is 3.16. The van der Waals surface area contributed by atoms with Gasteiger partial charge >= 0.3 is 0 Å². The molecular weight excluding hydrogens is 324 g/mol. The lowest BCUT2D eigenvalue weighted by molar-refractivity contribution is 0.0342. The average molecular weight is 352 g/mol. The second-order valence-corrected chi connectivity index (χ2v) is 7.59. The van der Waals surface area contributed by atoms with Crippen LogP contribution in [0.3, 0.4) is 0 Å². The third-order valence-electron chi connectivity index (χ3n) is 4.67.